The number of ketones is 1. The predicted molar refractivity (Wildman–Crippen MR) is 54.1 cm³/mol. The molecule has 0 N–H and O–H groups in total. The predicted octanol–water partition coefficient (Wildman–Crippen LogP) is 3.40. The average molecular weight is 242 g/mol. The van der Waals surface area contributed by atoms with E-state index in [2.05, 4.69) is 0 Å². The quantitative estimate of drug-likeness (QED) is 0.582. The van der Waals surface area contributed by atoms with Crippen LogP contribution >= 0.6 is 11.3 Å². The van der Waals surface area contributed by atoms with Gasteiger partial charge in [0.25, 0.3) is 0 Å². The highest BCUT2D eigenvalue weighted by Gasteiger charge is 2.17. The SMILES string of the molecule is O=C(c1ccsc1)c1cc(F)c(F)cc1F. The lowest BCUT2D eigenvalue weighted by Gasteiger charge is -2.01. The molecule has 1 nitrogen and oxygen atoms in total. The van der Waals surface area contributed by atoms with E-state index < -0.39 is 28.8 Å². The number of rotatable bonds is 2. The first kappa shape index (κ1) is 10.9. The maximum absolute atomic E-state index is 13.2. The Morgan fingerprint density at radius 3 is 2.38 bits per heavy atom. The highest BCUT2D eigenvalue weighted by Crippen LogP contribution is 2.18. The van der Waals surface area contributed by atoms with E-state index in [1.807, 2.05) is 0 Å². The molecule has 2 rings (SSSR count). The number of hydrogen-bond donors (Lipinski definition) is 0. The maximum Gasteiger partial charge on any atom is 0.196 e. The molecule has 0 amide bonds. The van der Waals surface area contributed by atoms with Gasteiger partial charge in [-0.3, -0.25) is 4.79 Å². The third-order valence-electron chi connectivity index (χ3n) is 2.04. The summed E-state index contributed by atoms with van der Waals surface area (Å²) in [6.07, 6.45) is 0. The Morgan fingerprint density at radius 1 is 1.06 bits per heavy atom. The van der Waals surface area contributed by atoms with Crippen molar-refractivity contribution in [1.82, 2.24) is 0 Å². The van der Waals surface area contributed by atoms with Crippen LogP contribution in [-0.2, 0) is 0 Å². The van der Waals surface area contributed by atoms with Crippen molar-refractivity contribution in [3.63, 3.8) is 0 Å². The molecule has 0 atom stereocenters. The lowest BCUT2D eigenvalue weighted by molar-refractivity contribution is 0.103. The first-order valence-corrected chi connectivity index (χ1v) is 5.25. The number of hydrogen-bond acceptors (Lipinski definition) is 2. The summed E-state index contributed by atoms with van der Waals surface area (Å²) in [5.41, 5.74) is -0.202. The molecule has 0 saturated heterocycles. The van der Waals surface area contributed by atoms with Crippen molar-refractivity contribution in [3.8, 4) is 0 Å². The summed E-state index contributed by atoms with van der Waals surface area (Å²) in [6, 6.07) is 2.44. The lowest BCUT2D eigenvalue weighted by atomic mass is 10.1. The molecular weight excluding hydrogens is 237 g/mol. The van der Waals surface area contributed by atoms with Crippen LogP contribution in [0.15, 0.2) is 29.0 Å². The summed E-state index contributed by atoms with van der Waals surface area (Å²) in [6.45, 7) is 0. The maximum atomic E-state index is 13.2. The molecule has 2 aromatic rings. The van der Waals surface area contributed by atoms with E-state index >= 15 is 0 Å². The number of halogens is 3. The molecule has 16 heavy (non-hydrogen) atoms. The second-order valence-electron chi connectivity index (χ2n) is 3.09. The van der Waals surface area contributed by atoms with Gasteiger partial charge in [0.1, 0.15) is 5.82 Å². The van der Waals surface area contributed by atoms with Gasteiger partial charge in [0.15, 0.2) is 17.4 Å². The lowest BCUT2D eigenvalue weighted by Crippen LogP contribution is -2.05. The van der Waals surface area contributed by atoms with Crippen LogP contribution in [0.1, 0.15) is 15.9 Å². The van der Waals surface area contributed by atoms with Crippen LogP contribution < -0.4 is 0 Å². The number of thiophene rings is 1. The minimum absolute atomic E-state index is 0.259. The molecular formula is C11H5F3OS. The van der Waals surface area contributed by atoms with Crippen LogP contribution in [0, 0.1) is 17.5 Å². The second-order valence-corrected chi connectivity index (χ2v) is 3.87. The van der Waals surface area contributed by atoms with E-state index in [0.717, 1.165) is 0 Å². The van der Waals surface area contributed by atoms with Crippen molar-refractivity contribution in [2.24, 2.45) is 0 Å². The highest BCUT2D eigenvalue weighted by molar-refractivity contribution is 7.08. The van der Waals surface area contributed by atoms with Crippen molar-refractivity contribution >= 4 is 17.1 Å². The summed E-state index contributed by atoms with van der Waals surface area (Å²) >= 11 is 1.26. The van der Waals surface area contributed by atoms with Crippen molar-refractivity contribution < 1.29 is 18.0 Å². The van der Waals surface area contributed by atoms with Gasteiger partial charge < -0.3 is 0 Å². The molecule has 82 valence electrons. The normalized spacial score (nSPS) is 10.4. The third-order valence-corrected chi connectivity index (χ3v) is 2.72. The largest absolute Gasteiger partial charge is 0.288 e. The van der Waals surface area contributed by atoms with Gasteiger partial charge in [0.05, 0.1) is 5.56 Å². The van der Waals surface area contributed by atoms with Gasteiger partial charge in [0, 0.05) is 17.0 Å². The molecule has 0 aliphatic rings. The van der Waals surface area contributed by atoms with E-state index in [9.17, 15) is 18.0 Å². The van der Waals surface area contributed by atoms with Crippen molar-refractivity contribution in [2.75, 3.05) is 0 Å². The first-order valence-electron chi connectivity index (χ1n) is 4.31. The van der Waals surface area contributed by atoms with Crippen LogP contribution in [0.2, 0.25) is 0 Å². The van der Waals surface area contributed by atoms with Crippen molar-refractivity contribution in [3.05, 3.63) is 57.5 Å². The second kappa shape index (κ2) is 4.09. The molecule has 0 aliphatic heterocycles. The van der Waals surface area contributed by atoms with Crippen molar-refractivity contribution in [2.45, 2.75) is 0 Å². The van der Waals surface area contributed by atoms with Gasteiger partial charge in [-0.15, -0.1) is 0 Å². The van der Waals surface area contributed by atoms with Gasteiger partial charge >= 0.3 is 0 Å². The summed E-state index contributed by atoms with van der Waals surface area (Å²) in [4.78, 5) is 11.7. The zero-order valence-corrected chi connectivity index (χ0v) is 8.65. The average Bonchev–Trinajstić information content (AvgIpc) is 2.75. The van der Waals surface area contributed by atoms with Crippen LogP contribution in [0.25, 0.3) is 0 Å². The van der Waals surface area contributed by atoms with Gasteiger partial charge in [-0.05, 0) is 17.5 Å². The topological polar surface area (TPSA) is 17.1 Å². The molecule has 0 saturated carbocycles. The fourth-order valence-electron chi connectivity index (χ4n) is 1.25. The molecule has 1 aromatic carbocycles. The van der Waals surface area contributed by atoms with E-state index in [4.69, 9.17) is 0 Å². The van der Waals surface area contributed by atoms with E-state index in [1.54, 1.807) is 5.38 Å². The molecule has 0 unspecified atom stereocenters. The smallest absolute Gasteiger partial charge is 0.196 e. The monoisotopic (exact) mass is 242 g/mol. The number of carbonyl (C=O) groups is 1. The van der Waals surface area contributed by atoms with E-state index in [1.165, 1.54) is 22.8 Å². The van der Waals surface area contributed by atoms with E-state index in [-0.39, 0.29) is 5.56 Å². The summed E-state index contributed by atoms with van der Waals surface area (Å²) in [7, 11) is 0. The fourth-order valence-corrected chi connectivity index (χ4v) is 1.88. The third kappa shape index (κ3) is 1.86. The summed E-state index contributed by atoms with van der Waals surface area (Å²) in [5, 5.41) is 3.16. The molecule has 0 aliphatic carbocycles. The molecule has 0 bridgehead atoms. The number of benzene rings is 1. The van der Waals surface area contributed by atoms with Crippen LogP contribution in [0.5, 0.6) is 0 Å². The summed E-state index contributed by atoms with van der Waals surface area (Å²) < 4.78 is 38.8. The molecule has 1 heterocycles. The minimum Gasteiger partial charge on any atom is -0.288 e. The highest BCUT2D eigenvalue weighted by atomic mass is 32.1. The Bertz CT molecular complexity index is 534. The minimum atomic E-state index is -1.31. The molecule has 0 spiro atoms. The van der Waals surface area contributed by atoms with Crippen LogP contribution in [-0.4, -0.2) is 5.78 Å². The number of carbonyl (C=O) groups excluding carboxylic acids is 1. The summed E-state index contributed by atoms with van der Waals surface area (Å²) in [5.74, 6) is -4.26. The van der Waals surface area contributed by atoms with Gasteiger partial charge in [-0.25, -0.2) is 13.2 Å². The fraction of sp³-hybridized carbons (Fsp3) is 0. The van der Waals surface area contributed by atoms with Gasteiger partial charge in [0.2, 0.25) is 0 Å². The van der Waals surface area contributed by atoms with Gasteiger partial charge in [-0.1, -0.05) is 0 Å². The Kier molecular flexibility index (Phi) is 2.78. The van der Waals surface area contributed by atoms with E-state index in [0.29, 0.717) is 12.1 Å². The van der Waals surface area contributed by atoms with Crippen molar-refractivity contribution in [1.29, 1.82) is 0 Å². The molecule has 0 fully saturated rings. The van der Waals surface area contributed by atoms with Crippen LogP contribution in [0.3, 0.4) is 0 Å². The first-order chi connectivity index (χ1) is 7.59. The Balaban J connectivity index is 2.49. The zero-order valence-electron chi connectivity index (χ0n) is 7.84. The Labute approximate surface area is 93.2 Å². The Hall–Kier alpha value is -1.62. The van der Waals surface area contributed by atoms with Crippen LogP contribution in [0.4, 0.5) is 13.2 Å². The standard InChI is InChI=1S/C11H5F3OS/c12-8-4-10(14)9(13)3-7(8)11(15)6-1-2-16-5-6/h1-5H. The molecule has 0 radical (unpaired) electrons. The van der Waals surface area contributed by atoms with Gasteiger partial charge in [-0.2, -0.15) is 11.3 Å². The molecule has 1 aromatic heterocycles. The Morgan fingerprint density at radius 2 is 1.75 bits per heavy atom. The molecule has 5 heteroatoms. The zero-order chi connectivity index (χ0) is 11.7.